The van der Waals surface area contributed by atoms with Gasteiger partial charge in [-0.1, -0.05) is 82.6 Å². The third-order valence-corrected chi connectivity index (χ3v) is 4.93. The Morgan fingerprint density at radius 2 is 1.78 bits per heavy atom. The summed E-state index contributed by atoms with van der Waals surface area (Å²) in [6.45, 7) is 22.3. The summed E-state index contributed by atoms with van der Waals surface area (Å²) in [5.41, 5.74) is 3.22. The van der Waals surface area contributed by atoms with Gasteiger partial charge in [-0.3, -0.25) is 4.79 Å². The summed E-state index contributed by atoms with van der Waals surface area (Å²) in [7, 11) is 0. The van der Waals surface area contributed by atoms with E-state index in [-0.39, 0.29) is 17.4 Å². The molecule has 5 heteroatoms. The quantitative estimate of drug-likeness (QED) is 0.179. The number of rotatable bonds is 12. The van der Waals surface area contributed by atoms with Gasteiger partial charge >= 0.3 is 0 Å². The largest absolute Gasteiger partial charge is 0.392 e. The molecule has 4 nitrogen and oxygen atoms in total. The molecule has 0 N–H and O–H groups in total. The Hall–Kier alpha value is -1.81. The van der Waals surface area contributed by atoms with Gasteiger partial charge in [0.2, 0.25) is 5.91 Å². The minimum atomic E-state index is -0.282. The molecule has 182 valence electrons. The number of oxime groups is 1. The van der Waals surface area contributed by atoms with Crippen LogP contribution in [0.5, 0.6) is 0 Å². The summed E-state index contributed by atoms with van der Waals surface area (Å²) < 4.78 is 0. The molecule has 1 atom stereocenters. The summed E-state index contributed by atoms with van der Waals surface area (Å²) in [5.74, 6) is 0.116. The molecule has 0 aliphatic heterocycles. The van der Waals surface area contributed by atoms with E-state index in [2.05, 4.69) is 39.4 Å². The lowest BCUT2D eigenvalue weighted by Crippen LogP contribution is -2.34. The monoisotopic (exact) mass is 464 g/mol. The van der Waals surface area contributed by atoms with Crippen molar-refractivity contribution in [1.29, 1.82) is 0 Å². The van der Waals surface area contributed by atoms with Crippen LogP contribution in [0.4, 0.5) is 0 Å². The molecule has 1 amide bonds. The van der Waals surface area contributed by atoms with Gasteiger partial charge in [0.05, 0.1) is 12.1 Å². The highest BCUT2D eigenvalue weighted by Crippen LogP contribution is 2.25. The molecule has 0 aliphatic carbocycles. The second kappa shape index (κ2) is 15.9. The molecule has 1 unspecified atom stereocenters. The molecule has 0 aliphatic rings. The molecule has 0 heterocycles. The zero-order valence-electron chi connectivity index (χ0n) is 21.6. The van der Waals surface area contributed by atoms with Crippen molar-refractivity contribution in [1.82, 2.24) is 4.90 Å². The van der Waals surface area contributed by atoms with E-state index in [4.69, 9.17) is 16.4 Å². The van der Waals surface area contributed by atoms with E-state index in [9.17, 15) is 4.79 Å². The molecule has 0 radical (unpaired) electrons. The van der Waals surface area contributed by atoms with Gasteiger partial charge in [0.1, 0.15) is 6.10 Å². The maximum absolute atomic E-state index is 12.8. The predicted octanol–water partition coefficient (Wildman–Crippen LogP) is 7.90. The number of hydrogen-bond acceptors (Lipinski definition) is 3. The highest BCUT2D eigenvalue weighted by atomic mass is 35.5. The molecule has 0 aromatic heterocycles. The predicted molar refractivity (Wildman–Crippen MR) is 139 cm³/mol. The smallest absolute Gasteiger partial charge is 0.226 e. The number of allylic oxidation sites excluding steroid dienone is 1. The van der Waals surface area contributed by atoms with Crippen molar-refractivity contribution in [2.45, 2.75) is 93.6 Å². The van der Waals surface area contributed by atoms with E-state index in [1.807, 2.05) is 56.9 Å². The second-order valence-electron chi connectivity index (χ2n) is 9.28. The molecule has 1 rings (SSSR count). The van der Waals surface area contributed by atoms with Crippen molar-refractivity contribution in [3.05, 3.63) is 47.0 Å². The summed E-state index contributed by atoms with van der Waals surface area (Å²) in [5, 5.41) is 4.88. The Labute approximate surface area is 202 Å². The highest BCUT2D eigenvalue weighted by molar-refractivity contribution is 6.30. The Morgan fingerprint density at radius 1 is 1.19 bits per heavy atom. The molecule has 0 spiro atoms. The van der Waals surface area contributed by atoms with Crippen LogP contribution in [0.3, 0.4) is 0 Å². The van der Waals surface area contributed by atoms with Gasteiger partial charge < -0.3 is 9.74 Å². The van der Waals surface area contributed by atoms with Crippen molar-refractivity contribution in [2.75, 3.05) is 13.1 Å². The minimum absolute atomic E-state index is 0.116. The summed E-state index contributed by atoms with van der Waals surface area (Å²) in [4.78, 5) is 20.3. The summed E-state index contributed by atoms with van der Waals surface area (Å²) >= 11 is 5.92. The van der Waals surface area contributed by atoms with E-state index in [1.54, 1.807) is 0 Å². The Morgan fingerprint density at radius 3 is 2.31 bits per heavy atom. The van der Waals surface area contributed by atoms with Crippen LogP contribution in [0.1, 0.15) is 93.1 Å². The number of benzene rings is 1. The van der Waals surface area contributed by atoms with Gasteiger partial charge in [0, 0.05) is 18.1 Å². The first kappa shape index (κ1) is 30.2. The lowest BCUT2D eigenvalue weighted by atomic mass is 9.87. The fourth-order valence-electron chi connectivity index (χ4n) is 3.31. The van der Waals surface area contributed by atoms with Crippen molar-refractivity contribution in [3.8, 4) is 0 Å². The van der Waals surface area contributed by atoms with Crippen LogP contribution in [0.2, 0.25) is 5.02 Å². The average Bonchev–Trinajstić information content (AvgIpc) is 2.72. The number of carbonyl (C=O) groups is 1. The first-order valence-corrected chi connectivity index (χ1v) is 12.3. The molecule has 0 bridgehead atoms. The van der Waals surface area contributed by atoms with Gasteiger partial charge in [0.25, 0.3) is 0 Å². The van der Waals surface area contributed by atoms with Crippen LogP contribution in [-0.4, -0.2) is 35.7 Å². The van der Waals surface area contributed by atoms with Gasteiger partial charge in [-0.2, -0.15) is 0 Å². The number of carbonyl (C=O) groups excluding carboxylic acids is 1. The maximum atomic E-state index is 12.8. The fourth-order valence-corrected chi connectivity index (χ4v) is 3.44. The van der Waals surface area contributed by atoms with Crippen molar-refractivity contribution in [3.63, 3.8) is 0 Å². The van der Waals surface area contributed by atoms with E-state index in [1.165, 1.54) is 5.57 Å². The SMILES string of the molecule is C=C(CCCN(CCC)C(=O)CC(C)O/N=C(\C)c1ccc(Cl)cc1)CC(C)(C)C.CC. The van der Waals surface area contributed by atoms with Gasteiger partial charge in [-0.25, -0.2) is 0 Å². The molecule has 0 fully saturated rings. The molecule has 0 saturated carbocycles. The molecular weight excluding hydrogens is 420 g/mol. The van der Waals surface area contributed by atoms with Crippen molar-refractivity contribution >= 4 is 23.2 Å². The first-order chi connectivity index (χ1) is 15.0. The zero-order chi connectivity index (χ0) is 24.7. The maximum Gasteiger partial charge on any atom is 0.226 e. The normalized spacial score (nSPS) is 12.5. The minimum Gasteiger partial charge on any atom is -0.392 e. The van der Waals surface area contributed by atoms with Crippen LogP contribution in [0.25, 0.3) is 0 Å². The average molecular weight is 465 g/mol. The van der Waals surface area contributed by atoms with Crippen LogP contribution >= 0.6 is 11.6 Å². The van der Waals surface area contributed by atoms with Crippen LogP contribution in [0, 0.1) is 5.41 Å². The van der Waals surface area contributed by atoms with E-state index >= 15 is 0 Å². The lowest BCUT2D eigenvalue weighted by molar-refractivity contribution is -0.134. The number of nitrogens with zero attached hydrogens (tertiary/aromatic N) is 2. The third-order valence-electron chi connectivity index (χ3n) is 4.68. The van der Waals surface area contributed by atoms with Gasteiger partial charge in [-0.05, 0) is 62.6 Å². The lowest BCUT2D eigenvalue weighted by Gasteiger charge is -2.24. The molecular formula is C27H45ClN2O2. The van der Waals surface area contributed by atoms with Crippen LogP contribution in [0.15, 0.2) is 41.6 Å². The Bertz CT molecular complexity index is 705. The third kappa shape index (κ3) is 13.6. The number of amides is 1. The van der Waals surface area contributed by atoms with Crippen molar-refractivity contribution in [2.24, 2.45) is 10.6 Å². The number of halogens is 1. The standard InChI is InChI=1S/C25H39ClN2O2.C2H6/c1-8-15-28(16-9-10-19(2)18-25(5,6)7)24(29)17-20(3)30-27-21(4)22-11-13-23(26)14-12-22;1-2/h11-14,20H,2,8-10,15-18H2,1,3-7H3;1-2H3/b27-21+;. The Kier molecular flexibility index (Phi) is 15.0. The molecule has 0 saturated heterocycles. The summed E-state index contributed by atoms with van der Waals surface area (Å²) in [6.07, 6.45) is 3.91. The zero-order valence-corrected chi connectivity index (χ0v) is 22.4. The van der Waals surface area contributed by atoms with Gasteiger partial charge in [0.15, 0.2) is 0 Å². The molecule has 32 heavy (non-hydrogen) atoms. The molecule has 1 aromatic rings. The molecule has 1 aromatic carbocycles. The van der Waals surface area contributed by atoms with Crippen LogP contribution in [-0.2, 0) is 9.63 Å². The Balaban J connectivity index is 0.00000466. The van der Waals surface area contributed by atoms with E-state index in [0.29, 0.717) is 11.4 Å². The summed E-state index contributed by atoms with van der Waals surface area (Å²) in [6, 6.07) is 7.44. The number of hydrogen-bond donors (Lipinski definition) is 0. The van der Waals surface area contributed by atoms with Crippen molar-refractivity contribution < 1.29 is 9.63 Å². The van der Waals surface area contributed by atoms with E-state index in [0.717, 1.165) is 50.0 Å². The van der Waals surface area contributed by atoms with Gasteiger partial charge in [-0.15, -0.1) is 0 Å². The second-order valence-corrected chi connectivity index (χ2v) is 9.71. The van der Waals surface area contributed by atoms with Crippen LogP contribution < -0.4 is 0 Å². The fraction of sp³-hybridized carbons (Fsp3) is 0.630. The van der Waals surface area contributed by atoms with E-state index < -0.39 is 0 Å². The highest BCUT2D eigenvalue weighted by Gasteiger charge is 2.18. The first-order valence-electron chi connectivity index (χ1n) is 11.9. The topological polar surface area (TPSA) is 41.9 Å².